The third-order valence-corrected chi connectivity index (χ3v) is 3.59. The van der Waals surface area contributed by atoms with Gasteiger partial charge in [0, 0.05) is 23.5 Å². The zero-order chi connectivity index (χ0) is 15.4. The van der Waals surface area contributed by atoms with Gasteiger partial charge in [-0.15, -0.1) is 0 Å². The molecule has 0 unspecified atom stereocenters. The standard InChI is InChI=1S/C18H17N3O/c1-19-17(13-5-3-2-4-6-13)18(22)21-16-8-7-15-12-20-10-9-14(15)11-16/h2-12,17,19H,1H3,(H,21,22)/t17-/m0/s1. The predicted octanol–water partition coefficient (Wildman–Crippen LogP) is 3.13. The van der Waals surface area contributed by atoms with Crippen LogP contribution in [-0.2, 0) is 4.79 Å². The molecule has 1 heterocycles. The van der Waals surface area contributed by atoms with Crippen LogP contribution in [0.4, 0.5) is 5.69 Å². The molecule has 110 valence electrons. The molecule has 0 aliphatic carbocycles. The van der Waals surface area contributed by atoms with Crippen LogP contribution in [0.2, 0.25) is 0 Å². The van der Waals surface area contributed by atoms with Crippen molar-refractivity contribution in [3.63, 3.8) is 0 Å². The van der Waals surface area contributed by atoms with Crippen LogP contribution >= 0.6 is 0 Å². The number of carbonyl (C=O) groups is 1. The Hall–Kier alpha value is -2.72. The summed E-state index contributed by atoms with van der Waals surface area (Å²) in [6.45, 7) is 0. The van der Waals surface area contributed by atoms with Crippen molar-refractivity contribution in [2.45, 2.75) is 6.04 Å². The number of rotatable bonds is 4. The first-order chi connectivity index (χ1) is 10.8. The maximum absolute atomic E-state index is 12.5. The minimum Gasteiger partial charge on any atom is -0.324 e. The van der Waals surface area contributed by atoms with Crippen LogP contribution in [0, 0.1) is 0 Å². The number of fused-ring (bicyclic) bond motifs is 1. The maximum Gasteiger partial charge on any atom is 0.246 e. The number of hydrogen-bond donors (Lipinski definition) is 2. The molecule has 0 bridgehead atoms. The van der Waals surface area contributed by atoms with Gasteiger partial charge in [-0.3, -0.25) is 9.78 Å². The molecule has 4 nitrogen and oxygen atoms in total. The lowest BCUT2D eigenvalue weighted by Crippen LogP contribution is -2.30. The van der Waals surface area contributed by atoms with Crippen LogP contribution in [0.25, 0.3) is 10.8 Å². The average molecular weight is 291 g/mol. The van der Waals surface area contributed by atoms with Crippen LogP contribution in [0.5, 0.6) is 0 Å². The molecule has 4 heteroatoms. The highest BCUT2D eigenvalue weighted by atomic mass is 16.2. The van der Waals surface area contributed by atoms with Gasteiger partial charge in [0.2, 0.25) is 5.91 Å². The normalized spacial score (nSPS) is 12.0. The summed E-state index contributed by atoms with van der Waals surface area (Å²) in [5.41, 5.74) is 1.72. The van der Waals surface area contributed by atoms with Gasteiger partial charge in [0.25, 0.3) is 0 Å². The summed E-state index contributed by atoms with van der Waals surface area (Å²) in [5, 5.41) is 8.11. The molecule has 1 amide bonds. The number of carbonyl (C=O) groups excluding carboxylic acids is 1. The Kier molecular flexibility index (Phi) is 4.12. The van der Waals surface area contributed by atoms with Crippen LogP contribution in [0.1, 0.15) is 11.6 Å². The number of nitrogens with one attached hydrogen (secondary N) is 2. The molecule has 3 rings (SSSR count). The molecule has 2 aromatic carbocycles. The van der Waals surface area contributed by atoms with E-state index in [9.17, 15) is 4.79 Å². The van der Waals surface area contributed by atoms with Gasteiger partial charge in [-0.2, -0.15) is 0 Å². The zero-order valence-corrected chi connectivity index (χ0v) is 12.3. The highest BCUT2D eigenvalue weighted by Gasteiger charge is 2.18. The fraction of sp³-hybridized carbons (Fsp3) is 0.111. The van der Waals surface area contributed by atoms with E-state index in [0.29, 0.717) is 0 Å². The summed E-state index contributed by atoms with van der Waals surface area (Å²) in [6.07, 6.45) is 3.55. The lowest BCUT2D eigenvalue weighted by atomic mass is 10.1. The molecule has 2 N–H and O–H groups in total. The Morgan fingerprint density at radius 1 is 1.05 bits per heavy atom. The number of anilines is 1. The predicted molar refractivity (Wildman–Crippen MR) is 88.6 cm³/mol. The number of likely N-dealkylation sites (N-methyl/N-ethyl adjacent to an activating group) is 1. The van der Waals surface area contributed by atoms with Crippen molar-refractivity contribution in [1.29, 1.82) is 0 Å². The first-order valence-electron chi connectivity index (χ1n) is 7.15. The third kappa shape index (κ3) is 2.97. The van der Waals surface area contributed by atoms with Crippen molar-refractivity contribution < 1.29 is 4.79 Å². The first kappa shape index (κ1) is 14.2. The first-order valence-corrected chi connectivity index (χ1v) is 7.15. The van der Waals surface area contributed by atoms with Crippen molar-refractivity contribution in [2.75, 3.05) is 12.4 Å². The molecule has 0 saturated carbocycles. The summed E-state index contributed by atoms with van der Waals surface area (Å²) in [5.74, 6) is -0.0814. The van der Waals surface area contributed by atoms with E-state index in [4.69, 9.17) is 0 Å². The van der Waals surface area contributed by atoms with E-state index in [0.717, 1.165) is 22.0 Å². The van der Waals surface area contributed by atoms with Crippen molar-refractivity contribution in [1.82, 2.24) is 10.3 Å². The summed E-state index contributed by atoms with van der Waals surface area (Å²) in [7, 11) is 1.78. The van der Waals surface area contributed by atoms with E-state index in [-0.39, 0.29) is 11.9 Å². The molecule has 3 aromatic rings. The number of amides is 1. The SMILES string of the molecule is CN[C@H](C(=O)Nc1ccc2cnccc2c1)c1ccccc1. The lowest BCUT2D eigenvalue weighted by Gasteiger charge is -2.16. The number of nitrogens with zero attached hydrogens (tertiary/aromatic N) is 1. The molecule has 0 aliphatic heterocycles. The number of pyridine rings is 1. The Balaban J connectivity index is 1.82. The van der Waals surface area contributed by atoms with Gasteiger partial charge >= 0.3 is 0 Å². The van der Waals surface area contributed by atoms with E-state index in [1.54, 1.807) is 19.4 Å². The second kappa shape index (κ2) is 6.37. The van der Waals surface area contributed by atoms with Gasteiger partial charge < -0.3 is 10.6 Å². The van der Waals surface area contributed by atoms with Crippen molar-refractivity contribution in [3.8, 4) is 0 Å². The second-order valence-corrected chi connectivity index (χ2v) is 5.06. The van der Waals surface area contributed by atoms with Crippen molar-refractivity contribution >= 4 is 22.4 Å². The molecular weight excluding hydrogens is 274 g/mol. The fourth-order valence-corrected chi connectivity index (χ4v) is 2.47. The Labute approximate surface area is 129 Å². The molecular formula is C18H17N3O. The molecule has 22 heavy (non-hydrogen) atoms. The van der Waals surface area contributed by atoms with Crippen LogP contribution in [0.3, 0.4) is 0 Å². The Morgan fingerprint density at radius 3 is 2.64 bits per heavy atom. The summed E-state index contributed by atoms with van der Waals surface area (Å²) >= 11 is 0. The Bertz CT molecular complexity index is 786. The summed E-state index contributed by atoms with van der Waals surface area (Å²) < 4.78 is 0. The van der Waals surface area contributed by atoms with E-state index in [1.807, 2.05) is 54.6 Å². The van der Waals surface area contributed by atoms with Gasteiger partial charge in [-0.05, 0) is 36.2 Å². The lowest BCUT2D eigenvalue weighted by molar-refractivity contribution is -0.118. The second-order valence-electron chi connectivity index (χ2n) is 5.06. The van der Waals surface area contributed by atoms with Crippen molar-refractivity contribution in [2.24, 2.45) is 0 Å². The fourth-order valence-electron chi connectivity index (χ4n) is 2.47. The maximum atomic E-state index is 12.5. The number of aromatic nitrogens is 1. The van der Waals surface area contributed by atoms with Gasteiger partial charge in [0.15, 0.2) is 0 Å². The van der Waals surface area contributed by atoms with Crippen LogP contribution in [-0.4, -0.2) is 17.9 Å². The van der Waals surface area contributed by atoms with Crippen molar-refractivity contribution in [3.05, 3.63) is 72.6 Å². The highest BCUT2D eigenvalue weighted by Crippen LogP contribution is 2.20. The van der Waals surface area contributed by atoms with E-state index in [1.165, 1.54) is 0 Å². The average Bonchev–Trinajstić information content (AvgIpc) is 2.56. The number of benzene rings is 2. The topological polar surface area (TPSA) is 54.0 Å². The highest BCUT2D eigenvalue weighted by molar-refractivity contribution is 5.97. The van der Waals surface area contributed by atoms with E-state index in [2.05, 4.69) is 15.6 Å². The summed E-state index contributed by atoms with van der Waals surface area (Å²) in [4.78, 5) is 16.6. The molecule has 0 aliphatic rings. The molecule has 0 saturated heterocycles. The largest absolute Gasteiger partial charge is 0.324 e. The van der Waals surface area contributed by atoms with Crippen LogP contribution in [0.15, 0.2) is 67.0 Å². The minimum atomic E-state index is -0.380. The number of hydrogen-bond acceptors (Lipinski definition) is 3. The molecule has 0 radical (unpaired) electrons. The molecule has 0 fully saturated rings. The minimum absolute atomic E-state index is 0.0814. The van der Waals surface area contributed by atoms with Gasteiger partial charge in [0.05, 0.1) is 0 Å². The van der Waals surface area contributed by atoms with Gasteiger partial charge in [-0.1, -0.05) is 36.4 Å². The van der Waals surface area contributed by atoms with Crippen LogP contribution < -0.4 is 10.6 Å². The molecule has 0 spiro atoms. The van der Waals surface area contributed by atoms with Gasteiger partial charge in [0.1, 0.15) is 6.04 Å². The summed E-state index contributed by atoms with van der Waals surface area (Å²) in [6, 6.07) is 17.0. The van der Waals surface area contributed by atoms with E-state index < -0.39 is 0 Å². The quantitative estimate of drug-likeness (QED) is 0.776. The Morgan fingerprint density at radius 2 is 1.86 bits per heavy atom. The zero-order valence-electron chi connectivity index (χ0n) is 12.3. The molecule has 1 atom stereocenters. The smallest absolute Gasteiger partial charge is 0.246 e. The monoisotopic (exact) mass is 291 g/mol. The molecule has 1 aromatic heterocycles. The third-order valence-electron chi connectivity index (χ3n) is 3.59. The van der Waals surface area contributed by atoms with Gasteiger partial charge in [-0.25, -0.2) is 0 Å². The van der Waals surface area contributed by atoms with E-state index >= 15 is 0 Å².